The summed E-state index contributed by atoms with van der Waals surface area (Å²) in [7, 11) is 0. The van der Waals surface area contributed by atoms with Crippen LogP contribution in [0.4, 0.5) is 0 Å². The summed E-state index contributed by atoms with van der Waals surface area (Å²) < 4.78 is 3.18. The van der Waals surface area contributed by atoms with Crippen molar-refractivity contribution in [1.82, 2.24) is 20.1 Å². The van der Waals surface area contributed by atoms with Crippen LogP contribution in [0.25, 0.3) is 0 Å². The third-order valence-electron chi connectivity index (χ3n) is 3.50. The number of rotatable bonds is 7. The first-order chi connectivity index (χ1) is 10.1. The Balaban J connectivity index is 2.17. The highest BCUT2D eigenvalue weighted by atomic mass is 79.9. The maximum absolute atomic E-state index is 4.49. The first-order valence-corrected chi connectivity index (χ1v) is 8.28. The molecule has 0 radical (unpaired) electrons. The number of halogens is 1. The van der Waals surface area contributed by atoms with E-state index < -0.39 is 0 Å². The molecule has 2 heterocycles. The third-order valence-corrected chi connectivity index (χ3v) is 4.11. The van der Waals surface area contributed by atoms with Crippen LogP contribution in [0.3, 0.4) is 0 Å². The number of hydrogen-bond donors (Lipinski definition) is 1. The Morgan fingerprint density at radius 1 is 1.33 bits per heavy atom. The van der Waals surface area contributed by atoms with Gasteiger partial charge in [-0.2, -0.15) is 5.10 Å². The molecule has 0 saturated heterocycles. The van der Waals surface area contributed by atoms with E-state index in [-0.39, 0.29) is 6.04 Å². The van der Waals surface area contributed by atoms with E-state index >= 15 is 0 Å². The van der Waals surface area contributed by atoms with Gasteiger partial charge in [-0.25, -0.2) is 0 Å². The van der Waals surface area contributed by atoms with Crippen LogP contribution in [0, 0.1) is 0 Å². The standard InChI is InChI=1S/C16H23BrN4/c1-4-19-15(8-7-13-6-5-9-18-10-13)16-14(17)11-20-21(16)12(2)3/h5-6,9-12,15,19H,4,7-8H2,1-3H3. The molecular formula is C16H23BrN4. The van der Waals surface area contributed by atoms with Crippen LogP contribution in [-0.2, 0) is 6.42 Å². The molecule has 0 spiro atoms. The van der Waals surface area contributed by atoms with E-state index in [1.54, 1.807) is 0 Å². The number of aryl methyl sites for hydroxylation is 1. The average Bonchev–Trinajstić information content (AvgIpc) is 2.86. The zero-order valence-corrected chi connectivity index (χ0v) is 14.5. The van der Waals surface area contributed by atoms with Crippen molar-refractivity contribution in [2.45, 2.75) is 45.7 Å². The fraction of sp³-hybridized carbons (Fsp3) is 0.500. The SMILES string of the molecule is CCNC(CCc1cccnc1)c1c(Br)cnn1C(C)C. The van der Waals surface area contributed by atoms with Crippen molar-refractivity contribution in [1.29, 1.82) is 0 Å². The highest BCUT2D eigenvalue weighted by Gasteiger charge is 2.20. The Kier molecular flexibility index (Phi) is 5.94. The van der Waals surface area contributed by atoms with E-state index in [2.05, 4.69) is 62.8 Å². The number of hydrogen-bond acceptors (Lipinski definition) is 3. The summed E-state index contributed by atoms with van der Waals surface area (Å²) in [6.45, 7) is 7.40. The maximum Gasteiger partial charge on any atom is 0.0698 e. The monoisotopic (exact) mass is 350 g/mol. The summed E-state index contributed by atoms with van der Waals surface area (Å²) in [4.78, 5) is 4.19. The van der Waals surface area contributed by atoms with E-state index in [0.29, 0.717) is 6.04 Å². The van der Waals surface area contributed by atoms with Crippen LogP contribution in [0.1, 0.15) is 50.5 Å². The van der Waals surface area contributed by atoms with E-state index in [9.17, 15) is 0 Å². The van der Waals surface area contributed by atoms with Gasteiger partial charge in [0.15, 0.2) is 0 Å². The molecule has 21 heavy (non-hydrogen) atoms. The lowest BCUT2D eigenvalue weighted by Gasteiger charge is -2.22. The van der Waals surface area contributed by atoms with Gasteiger partial charge in [0.05, 0.1) is 22.4 Å². The first-order valence-electron chi connectivity index (χ1n) is 7.48. The summed E-state index contributed by atoms with van der Waals surface area (Å²) in [5.41, 5.74) is 2.50. The van der Waals surface area contributed by atoms with Crippen molar-refractivity contribution in [2.75, 3.05) is 6.54 Å². The Labute approximate surface area is 135 Å². The molecule has 0 aliphatic heterocycles. The predicted molar refractivity (Wildman–Crippen MR) is 89.3 cm³/mol. The first kappa shape index (κ1) is 16.2. The summed E-state index contributed by atoms with van der Waals surface area (Å²) in [5.74, 6) is 0. The lowest BCUT2D eigenvalue weighted by molar-refractivity contribution is 0.432. The minimum absolute atomic E-state index is 0.287. The summed E-state index contributed by atoms with van der Waals surface area (Å²) in [6.07, 6.45) is 7.68. The minimum Gasteiger partial charge on any atom is -0.309 e. The molecule has 1 atom stereocenters. The molecule has 1 unspecified atom stereocenters. The zero-order chi connectivity index (χ0) is 15.2. The zero-order valence-electron chi connectivity index (χ0n) is 12.9. The maximum atomic E-state index is 4.49. The van der Waals surface area contributed by atoms with Gasteiger partial charge in [0.1, 0.15) is 0 Å². The highest BCUT2D eigenvalue weighted by molar-refractivity contribution is 9.10. The minimum atomic E-state index is 0.287. The Hall–Kier alpha value is -1.20. The fourth-order valence-corrected chi connectivity index (χ4v) is 3.08. The predicted octanol–water partition coefficient (Wildman–Crippen LogP) is 3.90. The van der Waals surface area contributed by atoms with Gasteiger partial charge in [-0.05, 0) is 60.8 Å². The van der Waals surface area contributed by atoms with Gasteiger partial charge in [0.25, 0.3) is 0 Å². The molecule has 5 heteroatoms. The van der Waals surface area contributed by atoms with E-state index in [0.717, 1.165) is 23.9 Å². The molecule has 0 saturated carbocycles. The second-order valence-corrected chi connectivity index (χ2v) is 6.28. The largest absolute Gasteiger partial charge is 0.309 e. The lowest BCUT2D eigenvalue weighted by atomic mass is 10.0. The highest BCUT2D eigenvalue weighted by Crippen LogP contribution is 2.28. The van der Waals surface area contributed by atoms with Gasteiger partial charge in [-0.15, -0.1) is 0 Å². The molecule has 0 aliphatic rings. The fourth-order valence-electron chi connectivity index (χ4n) is 2.53. The van der Waals surface area contributed by atoms with Gasteiger partial charge in [0, 0.05) is 18.4 Å². The second-order valence-electron chi connectivity index (χ2n) is 5.43. The van der Waals surface area contributed by atoms with Crippen molar-refractivity contribution in [3.05, 3.63) is 46.5 Å². The quantitative estimate of drug-likeness (QED) is 0.823. The van der Waals surface area contributed by atoms with Crippen LogP contribution in [0.15, 0.2) is 35.2 Å². The molecular weight excluding hydrogens is 328 g/mol. The van der Waals surface area contributed by atoms with Gasteiger partial charge >= 0.3 is 0 Å². The molecule has 114 valence electrons. The second kappa shape index (κ2) is 7.71. The van der Waals surface area contributed by atoms with Gasteiger partial charge in [0.2, 0.25) is 0 Å². The molecule has 4 nitrogen and oxygen atoms in total. The molecule has 2 aromatic heterocycles. The molecule has 0 fully saturated rings. The van der Waals surface area contributed by atoms with Crippen molar-refractivity contribution in [3.8, 4) is 0 Å². The number of nitrogens with zero attached hydrogens (tertiary/aromatic N) is 3. The van der Waals surface area contributed by atoms with Crippen molar-refractivity contribution < 1.29 is 0 Å². The van der Waals surface area contributed by atoms with Gasteiger partial charge in [-0.1, -0.05) is 13.0 Å². The number of pyridine rings is 1. The van der Waals surface area contributed by atoms with Crippen molar-refractivity contribution in [3.63, 3.8) is 0 Å². The molecule has 2 aromatic rings. The average molecular weight is 351 g/mol. The molecule has 0 bridgehead atoms. The van der Waals surface area contributed by atoms with Crippen LogP contribution < -0.4 is 5.32 Å². The summed E-state index contributed by atoms with van der Waals surface area (Å²) >= 11 is 3.65. The Bertz CT molecular complexity index is 551. The molecule has 0 aromatic carbocycles. The van der Waals surface area contributed by atoms with Crippen molar-refractivity contribution in [2.24, 2.45) is 0 Å². The molecule has 0 aliphatic carbocycles. The molecule has 2 rings (SSSR count). The summed E-state index contributed by atoms with van der Waals surface area (Å²) in [6, 6.07) is 4.76. The number of nitrogens with one attached hydrogen (secondary N) is 1. The van der Waals surface area contributed by atoms with Crippen molar-refractivity contribution >= 4 is 15.9 Å². The van der Waals surface area contributed by atoms with E-state index in [1.165, 1.54) is 11.3 Å². The van der Waals surface area contributed by atoms with Crippen LogP contribution in [-0.4, -0.2) is 21.3 Å². The smallest absolute Gasteiger partial charge is 0.0698 e. The van der Waals surface area contributed by atoms with Gasteiger partial charge in [-0.3, -0.25) is 9.67 Å². The Morgan fingerprint density at radius 3 is 2.76 bits per heavy atom. The summed E-state index contributed by atoms with van der Waals surface area (Å²) in [5, 5.41) is 8.07. The van der Waals surface area contributed by atoms with Crippen LogP contribution >= 0.6 is 15.9 Å². The third kappa shape index (κ3) is 4.14. The number of aromatic nitrogens is 3. The van der Waals surface area contributed by atoms with Gasteiger partial charge < -0.3 is 5.32 Å². The van der Waals surface area contributed by atoms with E-state index in [1.807, 2.05) is 24.7 Å². The topological polar surface area (TPSA) is 42.7 Å². The lowest BCUT2D eigenvalue weighted by Crippen LogP contribution is -2.25. The Morgan fingerprint density at radius 2 is 2.14 bits per heavy atom. The van der Waals surface area contributed by atoms with Crippen LogP contribution in [0.2, 0.25) is 0 Å². The van der Waals surface area contributed by atoms with Crippen LogP contribution in [0.5, 0.6) is 0 Å². The molecule has 1 N–H and O–H groups in total. The van der Waals surface area contributed by atoms with E-state index in [4.69, 9.17) is 0 Å². The molecule has 0 amide bonds. The normalized spacial score (nSPS) is 12.8.